The van der Waals surface area contributed by atoms with E-state index >= 15 is 0 Å². The first-order valence-electron chi connectivity index (χ1n) is 37.5. The number of carbonyl (C=O) groups excluding carboxylic acids is 4. The smallest absolute Gasteiger partial charge is 0.462 e. The number of aliphatic hydroxyl groups excluding tert-OH is 1. The molecule has 0 heterocycles. The molecular formula is C72H140O17P2. The SMILES string of the molecule is CCCCCCCCCCCCCCCCC(=O)OC[C@H](COP(=O)(O)OC[C@@H](O)COP(=O)(O)OC[C@@H](COC(=O)CCCCCCCCC)OC(=O)CCCCCCCCCCC(C)C)OC(=O)CCCCCCCCCCCCCCCCCCC(C)C. The molecule has 17 nitrogen and oxygen atoms in total. The predicted molar refractivity (Wildman–Crippen MR) is 368 cm³/mol. The maximum Gasteiger partial charge on any atom is 0.472 e. The molecule has 0 aromatic rings. The summed E-state index contributed by atoms with van der Waals surface area (Å²) >= 11 is 0. The second-order valence-corrected chi connectivity index (χ2v) is 29.8. The number of esters is 4. The normalized spacial score (nSPS) is 14.1. The van der Waals surface area contributed by atoms with Crippen molar-refractivity contribution in [2.75, 3.05) is 39.6 Å². The van der Waals surface area contributed by atoms with E-state index in [1.807, 2.05) is 0 Å². The average molecular weight is 1340 g/mol. The number of carbonyl (C=O) groups is 4. The van der Waals surface area contributed by atoms with E-state index in [9.17, 15) is 43.2 Å². The highest BCUT2D eigenvalue weighted by Crippen LogP contribution is 2.45. The summed E-state index contributed by atoms with van der Waals surface area (Å²) in [5.74, 6) is -0.599. The van der Waals surface area contributed by atoms with Crippen LogP contribution in [0.3, 0.4) is 0 Å². The summed E-state index contributed by atoms with van der Waals surface area (Å²) < 4.78 is 68.2. The molecule has 0 saturated carbocycles. The first kappa shape index (κ1) is 89.1. The molecule has 0 aliphatic carbocycles. The van der Waals surface area contributed by atoms with Gasteiger partial charge in [-0.15, -0.1) is 0 Å². The zero-order valence-electron chi connectivity index (χ0n) is 59.1. The predicted octanol–water partition coefficient (Wildman–Crippen LogP) is 20.8. The van der Waals surface area contributed by atoms with Crippen LogP contribution in [-0.4, -0.2) is 96.7 Å². The number of aliphatic hydroxyl groups is 1. The molecule has 3 N–H and O–H groups in total. The van der Waals surface area contributed by atoms with Gasteiger partial charge in [0.05, 0.1) is 26.4 Å². The molecule has 0 spiro atoms. The minimum atomic E-state index is -4.95. The van der Waals surface area contributed by atoms with E-state index in [1.165, 1.54) is 173 Å². The van der Waals surface area contributed by atoms with Crippen molar-refractivity contribution in [3.8, 4) is 0 Å². The van der Waals surface area contributed by atoms with Gasteiger partial charge < -0.3 is 33.8 Å². The Balaban J connectivity index is 5.18. The van der Waals surface area contributed by atoms with Crippen molar-refractivity contribution in [2.24, 2.45) is 11.8 Å². The van der Waals surface area contributed by atoms with Gasteiger partial charge in [0.25, 0.3) is 0 Å². The summed E-state index contributed by atoms with van der Waals surface area (Å²) in [4.78, 5) is 72.5. The van der Waals surface area contributed by atoms with Crippen LogP contribution in [0.1, 0.15) is 369 Å². The van der Waals surface area contributed by atoms with Gasteiger partial charge in [0.15, 0.2) is 12.2 Å². The molecule has 0 aromatic carbocycles. The van der Waals surface area contributed by atoms with E-state index in [1.54, 1.807) is 0 Å². The molecule has 0 fully saturated rings. The molecule has 0 rings (SSSR count). The number of phosphoric ester groups is 2. The molecule has 0 aliphatic heterocycles. The van der Waals surface area contributed by atoms with Crippen molar-refractivity contribution in [3.63, 3.8) is 0 Å². The fraction of sp³-hybridized carbons (Fsp3) is 0.944. The molecule has 2 unspecified atom stereocenters. The summed E-state index contributed by atoms with van der Waals surface area (Å²) in [6.07, 6.45) is 50.1. The van der Waals surface area contributed by atoms with Crippen molar-refractivity contribution >= 4 is 39.5 Å². The van der Waals surface area contributed by atoms with Gasteiger partial charge in [-0.25, -0.2) is 9.13 Å². The first-order valence-corrected chi connectivity index (χ1v) is 40.5. The molecule has 540 valence electrons. The van der Waals surface area contributed by atoms with Gasteiger partial charge >= 0.3 is 39.5 Å². The summed E-state index contributed by atoms with van der Waals surface area (Å²) in [5, 5.41) is 10.6. The van der Waals surface area contributed by atoms with Gasteiger partial charge in [0.2, 0.25) is 0 Å². The van der Waals surface area contributed by atoms with Crippen molar-refractivity contribution in [1.82, 2.24) is 0 Å². The topological polar surface area (TPSA) is 237 Å². The van der Waals surface area contributed by atoms with E-state index in [2.05, 4.69) is 41.5 Å². The summed E-state index contributed by atoms with van der Waals surface area (Å²) in [7, 11) is -9.90. The molecule has 0 saturated heterocycles. The monoisotopic (exact) mass is 1340 g/mol. The summed E-state index contributed by atoms with van der Waals surface area (Å²) in [5.41, 5.74) is 0. The van der Waals surface area contributed by atoms with Gasteiger partial charge in [-0.2, -0.15) is 0 Å². The van der Waals surface area contributed by atoms with Crippen LogP contribution in [0.5, 0.6) is 0 Å². The second-order valence-electron chi connectivity index (χ2n) is 26.9. The Morgan fingerprint density at radius 1 is 0.297 bits per heavy atom. The minimum Gasteiger partial charge on any atom is -0.462 e. The third kappa shape index (κ3) is 66.5. The van der Waals surface area contributed by atoms with E-state index in [0.29, 0.717) is 25.7 Å². The molecule has 0 bridgehead atoms. The maximum absolute atomic E-state index is 13.0. The van der Waals surface area contributed by atoms with Crippen LogP contribution in [-0.2, 0) is 65.4 Å². The van der Waals surface area contributed by atoms with E-state index in [-0.39, 0.29) is 25.7 Å². The lowest BCUT2D eigenvalue weighted by Crippen LogP contribution is -2.30. The largest absolute Gasteiger partial charge is 0.472 e. The number of unbranched alkanes of at least 4 members (excludes halogenated alkanes) is 41. The molecule has 5 atom stereocenters. The van der Waals surface area contributed by atoms with Gasteiger partial charge in [-0.1, -0.05) is 318 Å². The Morgan fingerprint density at radius 3 is 0.747 bits per heavy atom. The van der Waals surface area contributed by atoms with E-state index in [4.69, 9.17) is 37.0 Å². The minimum absolute atomic E-state index is 0.104. The number of hydrogen-bond donors (Lipinski definition) is 3. The van der Waals surface area contributed by atoms with Gasteiger partial charge in [-0.05, 0) is 37.5 Å². The summed E-state index contributed by atoms with van der Waals surface area (Å²) in [6, 6.07) is 0. The van der Waals surface area contributed by atoms with E-state index < -0.39 is 97.5 Å². The fourth-order valence-electron chi connectivity index (χ4n) is 10.9. The Labute approximate surface area is 556 Å². The maximum atomic E-state index is 13.0. The fourth-order valence-corrected chi connectivity index (χ4v) is 12.5. The van der Waals surface area contributed by atoms with Gasteiger partial charge in [0, 0.05) is 25.7 Å². The molecule has 0 amide bonds. The van der Waals surface area contributed by atoms with Crippen molar-refractivity contribution < 1.29 is 80.2 Å². The molecule has 0 aromatic heterocycles. The second kappa shape index (κ2) is 64.1. The molecule has 91 heavy (non-hydrogen) atoms. The van der Waals surface area contributed by atoms with Crippen LogP contribution >= 0.6 is 15.6 Å². The highest BCUT2D eigenvalue weighted by atomic mass is 31.2. The van der Waals surface area contributed by atoms with Crippen molar-refractivity contribution in [1.29, 1.82) is 0 Å². The molecular weight excluding hydrogens is 1200 g/mol. The third-order valence-corrected chi connectivity index (χ3v) is 18.6. The van der Waals surface area contributed by atoms with E-state index in [0.717, 1.165) is 115 Å². The molecule has 19 heteroatoms. The van der Waals surface area contributed by atoms with Crippen LogP contribution in [0.25, 0.3) is 0 Å². The van der Waals surface area contributed by atoms with Crippen LogP contribution in [0.2, 0.25) is 0 Å². The Bertz CT molecular complexity index is 1770. The van der Waals surface area contributed by atoms with Crippen molar-refractivity contribution in [3.05, 3.63) is 0 Å². The zero-order valence-corrected chi connectivity index (χ0v) is 60.9. The highest BCUT2D eigenvalue weighted by molar-refractivity contribution is 7.47. The standard InChI is InChI=1S/C72H140O17P2/c1-7-9-11-13-15-16-17-18-24-27-30-37-43-49-55-70(75)83-61-68(88-71(76)56-50-44-38-31-28-25-22-20-19-21-23-26-29-35-40-46-52-64(3)4)63-87-91(80,81)85-59-66(73)58-84-90(78,79)86-62-67(60-82-69(74)54-48-42-34-14-12-10-8-2)89-72(77)57-51-45-39-33-32-36-41-47-53-65(5)6/h64-68,73H,7-63H2,1-6H3,(H,78,79)(H,80,81)/t66-,67+,68+/m0/s1. The molecule has 0 radical (unpaired) electrons. The van der Waals surface area contributed by atoms with Crippen LogP contribution < -0.4 is 0 Å². The Kier molecular flexibility index (Phi) is 62.7. The molecule has 0 aliphatic rings. The zero-order chi connectivity index (χ0) is 67.2. The lowest BCUT2D eigenvalue weighted by molar-refractivity contribution is -0.161. The van der Waals surface area contributed by atoms with Crippen LogP contribution in [0.4, 0.5) is 0 Å². The number of rotatable bonds is 71. The lowest BCUT2D eigenvalue weighted by atomic mass is 10.0. The Hall–Kier alpha value is -1.94. The Morgan fingerprint density at radius 2 is 0.505 bits per heavy atom. The first-order chi connectivity index (χ1) is 43.9. The summed E-state index contributed by atoms with van der Waals surface area (Å²) in [6.45, 7) is 9.51. The van der Waals surface area contributed by atoms with Crippen LogP contribution in [0, 0.1) is 11.8 Å². The van der Waals surface area contributed by atoms with Crippen molar-refractivity contribution in [2.45, 2.75) is 387 Å². The quantitative estimate of drug-likeness (QED) is 0.0222. The van der Waals surface area contributed by atoms with Gasteiger partial charge in [0.1, 0.15) is 19.3 Å². The number of hydrogen-bond acceptors (Lipinski definition) is 15. The average Bonchev–Trinajstić information content (AvgIpc) is 2.94. The lowest BCUT2D eigenvalue weighted by Gasteiger charge is -2.21. The third-order valence-electron chi connectivity index (χ3n) is 16.7. The van der Waals surface area contributed by atoms with Gasteiger partial charge in [-0.3, -0.25) is 37.3 Å². The number of ether oxygens (including phenoxy) is 4. The van der Waals surface area contributed by atoms with Crippen LogP contribution in [0.15, 0.2) is 0 Å². The highest BCUT2D eigenvalue weighted by Gasteiger charge is 2.30. The number of phosphoric acid groups is 2.